The van der Waals surface area contributed by atoms with Crippen LogP contribution in [0.2, 0.25) is 0 Å². The van der Waals surface area contributed by atoms with Gasteiger partial charge in [0.25, 0.3) is 11.8 Å². The molecule has 0 aromatic heterocycles. The lowest BCUT2D eigenvalue weighted by atomic mass is 9.56. The number of nitro groups is 2. The summed E-state index contributed by atoms with van der Waals surface area (Å²) in [5.41, 5.74) is -1.85. The molecule has 252 valence electrons. The van der Waals surface area contributed by atoms with Gasteiger partial charge in [-0.3, -0.25) is 44.3 Å². The minimum Gasteiger partial charge on any atom is -0.504 e. The molecule has 0 radical (unpaired) electrons. The number of hydrogen-bond donors (Lipinski definition) is 1. The van der Waals surface area contributed by atoms with Gasteiger partial charge in [-0.05, 0) is 24.8 Å². The number of phenols is 1. The van der Waals surface area contributed by atoms with Crippen molar-refractivity contribution in [2.75, 3.05) is 36.5 Å². The molecule has 6 rings (SSSR count). The maximum Gasteiger partial charge on any atom is 0.301 e. The molecular formula is C30H26BrCl2N5O10. The summed E-state index contributed by atoms with van der Waals surface area (Å²) in [5.74, 6) is -8.08. The average molecular weight is 767 g/mol. The molecule has 4 amide bonds. The van der Waals surface area contributed by atoms with Crippen molar-refractivity contribution in [2.24, 2.45) is 17.8 Å². The number of imide groups is 2. The lowest BCUT2D eigenvalue weighted by molar-refractivity contribution is -0.392. The number of methoxy groups -OCH3 is 1. The number of halogens is 3. The van der Waals surface area contributed by atoms with Gasteiger partial charge in [-0.1, -0.05) is 39.7 Å². The summed E-state index contributed by atoms with van der Waals surface area (Å²) in [5, 5.41) is 35.3. The van der Waals surface area contributed by atoms with Gasteiger partial charge in [0, 0.05) is 37.7 Å². The van der Waals surface area contributed by atoms with Crippen molar-refractivity contribution in [3.8, 4) is 11.5 Å². The van der Waals surface area contributed by atoms with Crippen LogP contribution in [0.5, 0.6) is 11.5 Å². The summed E-state index contributed by atoms with van der Waals surface area (Å²) < 4.78 is 5.29. The summed E-state index contributed by atoms with van der Waals surface area (Å²) in [6.07, 6.45) is 1.23. The minimum atomic E-state index is -2.17. The zero-order valence-electron chi connectivity index (χ0n) is 25.4. The second kappa shape index (κ2) is 11.4. The number of carbonyl (C=O) groups is 4. The first-order valence-corrected chi connectivity index (χ1v) is 16.3. The van der Waals surface area contributed by atoms with Crippen LogP contribution in [-0.4, -0.2) is 79.9 Å². The van der Waals surface area contributed by atoms with Crippen LogP contribution in [0.4, 0.5) is 22.7 Å². The molecule has 2 heterocycles. The number of allylic oxidation sites excluding steroid dienone is 2. The highest BCUT2D eigenvalue weighted by Crippen LogP contribution is 2.66. The number of rotatable bonds is 7. The Morgan fingerprint density at radius 1 is 1.04 bits per heavy atom. The summed E-state index contributed by atoms with van der Waals surface area (Å²) in [6.45, 7) is 0. The molecule has 2 aliphatic heterocycles. The Morgan fingerprint density at radius 2 is 1.67 bits per heavy atom. The smallest absolute Gasteiger partial charge is 0.301 e. The van der Waals surface area contributed by atoms with Crippen molar-refractivity contribution in [1.29, 1.82) is 0 Å². The first kappa shape index (κ1) is 33.6. The van der Waals surface area contributed by atoms with Crippen LogP contribution in [0.25, 0.3) is 0 Å². The number of para-hydroxylation sites is 1. The molecule has 0 spiro atoms. The number of amides is 4. The Bertz CT molecular complexity index is 1850. The second-order valence-electron chi connectivity index (χ2n) is 12.1. The normalized spacial score (nSPS) is 29.3. The van der Waals surface area contributed by atoms with E-state index in [-0.39, 0.29) is 46.7 Å². The van der Waals surface area contributed by atoms with Crippen molar-refractivity contribution in [3.63, 3.8) is 0 Å². The number of nitro benzene ring substituents is 2. The molecule has 2 aromatic carbocycles. The molecule has 2 aliphatic carbocycles. The van der Waals surface area contributed by atoms with Crippen LogP contribution in [0.1, 0.15) is 24.3 Å². The molecule has 6 atom stereocenters. The Morgan fingerprint density at radius 3 is 2.21 bits per heavy atom. The summed E-state index contributed by atoms with van der Waals surface area (Å²) in [6, 6.07) is 6.38. The molecule has 2 aromatic rings. The second-order valence-corrected chi connectivity index (χ2v) is 13.9. The quantitative estimate of drug-likeness (QED) is 0.106. The number of likely N-dealkylation sites (tertiary alicyclic amines) is 1. The minimum absolute atomic E-state index is 0.0427. The van der Waals surface area contributed by atoms with Crippen molar-refractivity contribution in [3.05, 3.63) is 67.8 Å². The van der Waals surface area contributed by atoms with Crippen LogP contribution in [0.3, 0.4) is 0 Å². The van der Waals surface area contributed by atoms with E-state index in [2.05, 4.69) is 15.9 Å². The fourth-order valence-corrected chi connectivity index (χ4v) is 9.16. The van der Waals surface area contributed by atoms with Gasteiger partial charge in [0.1, 0.15) is 0 Å². The summed E-state index contributed by atoms with van der Waals surface area (Å²) >= 11 is 17.5. The van der Waals surface area contributed by atoms with Crippen molar-refractivity contribution in [2.45, 2.75) is 28.5 Å². The largest absolute Gasteiger partial charge is 0.504 e. The number of anilines is 2. The SMILES string of the molecule is COc1cccc(C2C3=CCC4C(=O)N(c5cc([N+](=O)[O-])c(N(C)C)c([N+](=O)[O-])c5)C(=O)C4C3CC3(Cl)C(=O)N(CBr)C(=O)C23Cl)c1O. The molecule has 4 aliphatic rings. The topological polar surface area (TPSA) is 194 Å². The van der Waals surface area contributed by atoms with Gasteiger partial charge < -0.3 is 14.7 Å². The number of hydrogen-bond acceptors (Lipinski definition) is 11. The Labute approximate surface area is 290 Å². The van der Waals surface area contributed by atoms with E-state index >= 15 is 0 Å². The maximum absolute atomic E-state index is 14.4. The highest BCUT2D eigenvalue weighted by molar-refractivity contribution is 9.09. The van der Waals surface area contributed by atoms with Gasteiger partial charge in [-0.25, -0.2) is 4.90 Å². The van der Waals surface area contributed by atoms with Gasteiger partial charge in [0.15, 0.2) is 26.9 Å². The number of fused-ring (bicyclic) bond motifs is 4. The first-order valence-electron chi connectivity index (χ1n) is 14.4. The van der Waals surface area contributed by atoms with Crippen LogP contribution < -0.4 is 14.5 Å². The van der Waals surface area contributed by atoms with Crippen LogP contribution >= 0.6 is 39.1 Å². The summed E-state index contributed by atoms with van der Waals surface area (Å²) in [4.78, 5) is 76.9. The first-order chi connectivity index (χ1) is 22.6. The number of alkyl halides is 3. The van der Waals surface area contributed by atoms with Gasteiger partial charge in [0.2, 0.25) is 11.8 Å². The molecule has 2 saturated heterocycles. The van der Waals surface area contributed by atoms with E-state index in [1.165, 1.54) is 38.2 Å². The van der Waals surface area contributed by atoms with E-state index < -0.39 is 78.3 Å². The average Bonchev–Trinajstić information content (AvgIpc) is 3.38. The van der Waals surface area contributed by atoms with Crippen LogP contribution in [0.15, 0.2) is 42.0 Å². The van der Waals surface area contributed by atoms with E-state index in [4.69, 9.17) is 27.9 Å². The molecule has 18 heteroatoms. The van der Waals surface area contributed by atoms with Gasteiger partial charge >= 0.3 is 11.4 Å². The van der Waals surface area contributed by atoms with E-state index in [1.54, 1.807) is 12.1 Å². The fraction of sp³-hybridized carbons (Fsp3) is 0.400. The van der Waals surface area contributed by atoms with Crippen molar-refractivity contribution >= 4 is 85.5 Å². The highest BCUT2D eigenvalue weighted by Gasteiger charge is 2.76. The number of phenolic OH excluding ortho intramolecular Hbond substituents is 1. The van der Waals surface area contributed by atoms with Gasteiger partial charge in [-0.2, -0.15) is 0 Å². The van der Waals surface area contributed by atoms with E-state index in [1.807, 2.05) is 0 Å². The number of aromatic hydroxyl groups is 1. The predicted molar refractivity (Wildman–Crippen MR) is 175 cm³/mol. The summed E-state index contributed by atoms with van der Waals surface area (Å²) in [7, 11) is 4.09. The third kappa shape index (κ3) is 4.31. The van der Waals surface area contributed by atoms with Gasteiger partial charge in [0.05, 0.1) is 39.9 Å². The lowest BCUT2D eigenvalue weighted by Crippen LogP contribution is -2.60. The van der Waals surface area contributed by atoms with E-state index in [0.29, 0.717) is 10.5 Å². The van der Waals surface area contributed by atoms with Crippen molar-refractivity contribution < 1.29 is 38.9 Å². The molecule has 15 nitrogen and oxygen atoms in total. The monoisotopic (exact) mass is 765 g/mol. The highest BCUT2D eigenvalue weighted by atomic mass is 79.9. The third-order valence-electron chi connectivity index (χ3n) is 9.73. The van der Waals surface area contributed by atoms with E-state index in [0.717, 1.165) is 17.0 Å². The molecule has 1 saturated carbocycles. The maximum atomic E-state index is 14.4. The predicted octanol–water partition coefficient (Wildman–Crippen LogP) is 4.20. The zero-order valence-corrected chi connectivity index (χ0v) is 28.5. The zero-order chi connectivity index (χ0) is 35.2. The lowest BCUT2D eigenvalue weighted by Gasteiger charge is -2.50. The Kier molecular flexibility index (Phi) is 7.99. The molecule has 0 bridgehead atoms. The standard InChI is InChI=1S/C30H26BrCl2N5O10/c1-34(2)23-18(37(44)45)9-13(10-19(23)38(46)47)36-25(40)15-8-7-14-17(21(15)26(36)41)11-29(32)27(42)35(12-31)28(43)30(29,33)22(14)16-5-4-6-20(48-3)24(16)39/h4-7,9-10,15,17,21-22,39H,8,11-12H2,1-3H3. The molecule has 6 unspecified atom stereocenters. The molecule has 48 heavy (non-hydrogen) atoms. The van der Waals surface area contributed by atoms with E-state index in [9.17, 15) is 44.5 Å². The third-order valence-corrected chi connectivity index (χ3v) is 11.6. The van der Waals surface area contributed by atoms with Gasteiger partial charge in [-0.15, -0.1) is 23.2 Å². The molecular weight excluding hydrogens is 741 g/mol. The fourth-order valence-electron chi connectivity index (χ4n) is 7.75. The molecule has 3 fully saturated rings. The molecule has 1 N–H and O–H groups in total. The van der Waals surface area contributed by atoms with Crippen LogP contribution in [-0.2, 0) is 19.2 Å². The Hall–Kier alpha value is -4.28. The van der Waals surface area contributed by atoms with Crippen LogP contribution in [0, 0.1) is 38.0 Å². The Balaban J connectivity index is 1.53. The van der Waals surface area contributed by atoms with Crippen molar-refractivity contribution in [1.82, 2.24) is 4.90 Å². The number of ether oxygens (including phenoxy) is 1. The number of nitrogens with zero attached hydrogens (tertiary/aromatic N) is 5. The number of benzene rings is 2. The number of carbonyl (C=O) groups excluding carboxylic acids is 4.